The van der Waals surface area contributed by atoms with Crippen LogP contribution >= 0.6 is 23.4 Å². The summed E-state index contributed by atoms with van der Waals surface area (Å²) in [5.41, 5.74) is 1.46. The zero-order valence-corrected chi connectivity index (χ0v) is 11.9. The molecule has 2 nitrogen and oxygen atoms in total. The topological polar surface area (TPSA) is 37.3 Å². The van der Waals surface area contributed by atoms with Crippen LogP contribution in [0.25, 0.3) is 0 Å². The summed E-state index contributed by atoms with van der Waals surface area (Å²) in [5.74, 6) is 0. The van der Waals surface area contributed by atoms with Crippen LogP contribution in [0.1, 0.15) is 26.9 Å². The van der Waals surface area contributed by atoms with Gasteiger partial charge in [0, 0.05) is 10.6 Å². The van der Waals surface area contributed by atoms with Crippen molar-refractivity contribution in [2.24, 2.45) is 0 Å². The zero-order valence-electron chi connectivity index (χ0n) is 10.3. The van der Waals surface area contributed by atoms with E-state index < -0.39 is 5.44 Å². The average molecular weight is 293 g/mol. The molecule has 0 aromatic heterocycles. The monoisotopic (exact) mass is 292 g/mol. The minimum absolute atomic E-state index is 0.151. The lowest BCUT2D eigenvalue weighted by molar-refractivity contribution is 0.108. The predicted octanol–water partition coefficient (Wildman–Crippen LogP) is 4.21. The fraction of sp³-hybridized carbons (Fsp3) is 0.133. The molecule has 2 aromatic rings. The summed E-state index contributed by atoms with van der Waals surface area (Å²) in [6, 6.07) is 14.1. The maximum absolute atomic E-state index is 12.0. The molecule has 1 atom stereocenters. The summed E-state index contributed by atoms with van der Waals surface area (Å²) in [6.07, 6.45) is 0. The van der Waals surface area contributed by atoms with Gasteiger partial charge in [0.2, 0.25) is 5.12 Å². The number of carbonyl (C=O) groups is 1. The molecule has 0 saturated carbocycles. The van der Waals surface area contributed by atoms with Gasteiger partial charge in [-0.1, -0.05) is 53.6 Å². The smallest absolute Gasteiger partial charge is 0.222 e. The Morgan fingerprint density at radius 1 is 1.11 bits per heavy atom. The second kappa shape index (κ2) is 6.24. The normalized spacial score (nSPS) is 12.2. The summed E-state index contributed by atoms with van der Waals surface area (Å²) in [7, 11) is 0. The van der Waals surface area contributed by atoms with E-state index in [9.17, 15) is 9.90 Å². The highest BCUT2D eigenvalue weighted by Crippen LogP contribution is 2.29. The first kappa shape index (κ1) is 14.1. The highest BCUT2D eigenvalue weighted by Gasteiger charge is 2.15. The second-order valence-corrected chi connectivity index (χ2v) is 5.66. The maximum atomic E-state index is 12.0. The van der Waals surface area contributed by atoms with Gasteiger partial charge >= 0.3 is 0 Å². The van der Waals surface area contributed by atoms with E-state index in [1.54, 1.807) is 36.4 Å². The average Bonchev–Trinajstić information content (AvgIpc) is 2.40. The number of thioether (sulfide) groups is 1. The van der Waals surface area contributed by atoms with E-state index in [0.29, 0.717) is 16.1 Å². The van der Waals surface area contributed by atoms with Crippen molar-refractivity contribution in [3.63, 3.8) is 0 Å². The van der Waals surface area contributed by atoms with Gasteiger partial charge in [-0.15, -0.1) is 0 Å². The third kappa shape index (κ3) is 3.83. The molecule has 4 heteroatoms. The van der Waals surface area contributed by atoms with Crippen LogP contribution in [-0.4, -0.2) is 10.2 Å². The summed E-state index contributed by atoms with van der Waals surface area (Å²) in [5, 5.41) is 10.4. The van der Waals surface area contributed by atoms with Crippen LogP contribution in [0.4, 0.5) is 0 Å². The van der Waals surface area contributed by atoms with Gasteiger partial charge in [0.15, 0.2) is 0 Å². The minimum Gasteiger partial charge on any atom is -0.378 e. The fourth-order valence-corrected chi connectivity index (χ4v) is 2.45. The lowest BCUT2D eigenvalue weighted by Crippen LogP contribution is -2.00. The molecule has 98 valence electrons. The number of aryl methyl sites for hydroxylation is 1. The quantitative estimate of drug-likeness (QED) is 0.861. The van der Waals surface area contributed by atoms with Gasteiger partial charge in [0.05, 0.1) is 0 Å². The van der Waals surface area contributed by atoms with Gasteiger partial charge in [0.25, 0.3) is 0 Å². The number of hydrogen-bond donors (Lipinski definition) is 1. The van der Waals surface area contributed by atoms with E-state index in [1.807, 2.05) is 19.1 Å². The molecule has 0 aliphatic rings. The van der Waals surface area contributed by atoms with Crippen molar-refractivity contribution in [2.45, 2.75) is 12.4 Å². The zero-order chi connectivity index (χ0) is 13.8. The summed E-state index contributed by atoms with van der Waals surface area (Å²) < 4.78 is 0. The molecule has 0 radical (unpaired) electrons. The molecule has 0 aliphatic heterocycles. The Labute approximate surface area is 121 Å². The molecular weight excluding hydrogens is 280 g/mol. The molecule has 0 saturated heterocycles. The minimum atomic E-state index is -0.883. The van der Waals surface area contributed by atoms with E-state index in [0.717, 1.165) is 17.3 Å². The van der Waals surface area contributed by atoms with Crippen LogP contribution in [0.5, 0.6) is 0 Å². The highest BCUT2D eigenvalue weighted by atomic mass is 35.5. The van der Waals surface area contributed by atoms with Gasteiger partial charge < -0.3 is 5.11 Å². The van der Waals surface area contributed by atoms with Crippen LogP contribution in [0.15, 0.2) is 48.5 Å². The fourth-order valence-electron chi connectivity index (χ4n) is 1.55. The summed E-state index contributed by atoms with van der Waals surface area (Å²) in [4.78, 5) is 12.0. The van der Waals surface area contributed by atoms with E-state index in [2.05, 4.69) is 0 Å². The number of aliphatic hydroxyl groups is 1. The Hall–Kier alpha value is -1.29. The third-order valence-electron chi connectivity index (χ3n) is 2.66. The SMILES string of the molecule is Cc1ccc(C(=O)SC(O)c2ccc(Cl)cc2)cc1. The van der Waals surface area contributed by atoms with Crippen molar-refractivity contribution in [3.8, 4) is 0 Å². The Morgan fingerprint density at radius 3 is 2.26 bits per heavy atom. The van der Waals surface area contributed by atoms with Crippen LogP contribution in [0, 0.1) is 6.92 Å². The first-order valence-corrected chi connectivity index (χ1v) is 7.03. The lowest BCUT2D eigenvalue weighted by Gasteiger charge is -2.09. The van der Waals surface area contributed by atoms with Crippen LogP contribution in [0.3, 0.4) is 0 Å². The molecule has 0 spiro atoms. The molecule has 2 rings (SSSR count). The molecule has 2 aromatic carbocycles. The van der Waals surface area contributed by atoms with Crippen molar-refractivity contribution in [1.29, 1.82) is 0 Å². The van der Waals surface area contributed by atoms with Crippen LogP contribution in [0.2, 0.25) is 5.02 Å². The van der Waals surface area contributed by atoms with E-state index in [4.69, 9.17) is 11.6 Å². The maximum Gasteiger partial charge on any atom is 0.222 e. The lowest BCUT2D eigenvalue weighted by atomic mass is 10.2. The molecular formula is C15H13ClO2S. The molecule has 0 aliphatic carbocycles. The van der Waals surface area contributed by atoms with Crippen molar-refractivity contribution in [1.82, 2.24) is 0 Å². The second-order valence-electron chi connectivity index (χ2n) is 4.18. The number of halogens is 1. The van der Waals surface area contributed by atoms with Crippen molar-refractivity contribution in [2.75, 3.05) is 0 Å². The highest BCUT2D eigenvalue weighted by molar-refractivity contribution is 8.14. The van der Waals surface area contributed by atoms with Gasteiger partial charge in [0.1, 0.15) is 5.44 Å². The third-order valence-corrected chi connectivity index (χ3v) is 3.86. The van der Waals surface area contributed by atoms with E-state index in [-0.39, 0.29) is 5.12 Å². The van der Waals surface area contributed by atoms with E-state index in [1.165, 1.54) is 0 Å². The van der Waals surface area contributed by atoms with Crippen LogP contribution < -0.4 is 0 Å². The number of hydrogen-bond acceptors (Lipinski definition) is 3. The Bertz CT molecular complexity index is 564. The Morgan fingerprint density at radius 2 is 1.68 bits per heavy atom. The van der Waals surface area contributed by atoms with Gasteiger partial charge in [-0.2, -0.15) is 0 Å². The van der Waals surface area contributed by atoms with Crippen molar-refractivity contribution >= 4 is 28.5 Å². The van der Waals surface area contributed by atoms with E-state index >= 15 is 0 Å². The largest absolute Gasteiger partial charge is 0.378 e. The molecule has 0 amide bonds. The van der Waals surface area contributed by atoms with Gasteiger partial charge in [-0.05, 0) is 36.4 Å². The Kier molecular flexibility index (Phi) is 4.64. The molecule has 1 N–H and O–H groups in total. The van der Waals surface area contributed by atoms with Crippen molar-refractivity contribution in [3.05, 3.63) is 70.2 Å². The predicted molar refractivity (Wildman–Crippen MR) is 79.5 cm³/mol. The molecule has 0 fully saturated rings. The molecule has 19 heavy (non-hydrogen) atoms. The summed E-state index contributed by atoms with van der Waals surface area (Å²) in [6.45, 7) is 1.96. The number of carbonyl (C=O) groups excluding carboxylic acids is 1. The Balaban J connectivity index is 2.06. The van der Waals surface area contributed by atoms with Crippen LogP contribution in [-0.2, 0) is 0 Å². The van der Waals surface area contributed by atoms with Crippen molar-refractivity contribution < 1.29 is 9.90 Å². The standard InChI is InChI=1S/C15H13ClO2S/c1-10-2-4-11(5-3-10)14(17)19-15(18)12-6-8-13(16)9-7-12/h2-9,15,18H,1H3. The number of aliphatic hydroxyl groups excluding tert-OH is 1. The molecule has 0 bridgehead atoms. The first-order chi connectivity index (χ1) is 9.06. The molecule has 1 unspecified atom stereocenters. The summed E-state index contributed by atoms with van der Waals surface area (Å²) >= 11 is 6.67. The van der Waals surface area contributed by atoms with Gasteiger partial charge in [-0.25, -0.2) is 0 Å². The molecule has 0 heterocycles. The number of rotatable bonds is 3. The first-order valence-electron chi connectivity index (χ1n) is 5.77. The number of benzene rings is 2. The van der Waals surface area contributed by atoms with Gasteiger partial charge in [-0.3, -0.25) is 4.79 Å².